The lowest BCUT2D eigenvalue weighted by molar-refractivity contribution is -0.163. The van der Waals surface area contributed by atoms with Crippen LogP contribution in [0.25, 0.3) is 0 Å². The van der Waals surface area contributed by atoms with Gasteiger partial charge in [-0.3, -0.25) is 9.59 Å². The van der Waals surface area contributed by atoms with Gasteiger partial charge in [-0.05, 0) is 109 Å². The molecule has 0 bridgehead atoms. The van der Waals surface area contributed by atoms with Gasteiger partial charge in [-0.15, -0.1) is 0 Å². The molecule has 1 unspecified atom stereocenters. The number of allylic oxidation sites excluding steroid dienone is 14. The van der Waals surface area contributed by atoms with Crippen LogP contribution in [0, 0.1) is 0 Å². The van der Waals surface area contributed by atoms with Crippen LogP contribution in [0.1, 0.15) is 239 Å². The summed E-state index contributed by atoms with van der Waals surface area (Å²) in [6, 6.07) is 0. The Morgan fingerprint density at radius 3 is 1.18 bits per heavy atom. The van der Waals surface area contributed by atoms with Gasteiger partial charge in [0.15, 0.2) is 6.10 Å². The van der Waals surface area contributed by atoms with Crippen LogP contribution in [0.4, 0.5) is 0 Å². The smallest absolute Gasteiger partial charge is 0.306 e. The summed E-state index contributed by atoms with van der Waals surface area (Å²) in [5, 5.41) is 0. The fraction of sp³-hybridized carbons (Fsp3) is 0.719. The van der Waals surface area contributed by atoms with Crippen molar-refractivity contribution in [3.05, 3.63) is 85.1 Å². The average molecular weight is 863 g/mol. The lowest BCUT2D eigenvalue weighted by Gasteiger charge is -2.18. The Bertz CT molecular complexity index is 1160. The minimum Gasteiger partial charge on any atom is -0.462 e. The van der Waals surface area contributed by atoms with Crippen LogP contribution in [0.3, 0.4) is 0 Å². The van der Waals surface area contributed by atoms with E-state index in [0.29, 0.717) is 19.4 Å². The molecule has 0 aromatic rings. The third-order valence-electron chi connectivity index (χ3n) is 10.9. The molecule has 0 saturated heterocycles. The number of rotatable bonds is 47. The van der Waals surface area contributed by atoms with E-state index >= 15 is 0 Å². The first-order valence-corrected chi connectivity index (χ1v) is 26.1. The Balaban J connectivity index is 4.33. The van der Waals surface area contributed by atoms with Crippen molar-refractivity contribution in [3.63, 3.8) is 0 Å². The molecule has 0 aliphatic rings. The van der Waals surface area contributed by atoms with E-state index in [1.165, 1.54) is 103 Å². The number of carbonyl (C=O) groups excluding carboxylic acids is 2. The molecule has 1 atom stereocenters. The summed E-state index contributed by atoms with van der Waals surface area (Å²) >= 11 is 0. The molecule has 62 heavy (non-hydrogen) atoms. The first-order valence-electron chi connectivity index (χ1n) is 26.1. The molecule has 0 aromatic heterocycles. The molecular formula is C57H98O5. The van der Waals surface area contributed by atoms with E-state index in [2.05, 4.69) is 106 Å². The van der Waals surface area contributed by atoms with Gasteiger partial charge in [0, 0.05) is 19.4 Å². The molecule has 0 rings (SSSR count). The van der Waals surface area contributed by atoms with E-state index in [1.807, 2.05) is 0 Å². The van der Waals surface area contributed by atoms with Crippen LogP contribution in [0.15, 0.2) is 85.1 Å². The van der Waals surface area contributed by atoms with Crippen LogP contribution in [0.5, 0.6) is 0 Å². The first-order chi connectivity index (χ1) is 30.6. The largest absolute Gasteiger partial charge is 0.462 e. The fourth-order valence-corrected chi connectivity index (χ4v) is 7.06. The van der Waals surface area contributed by atoms with Gasteiger partial charge in [0.2, 0.25) is 0 Å². The highest BCUT2D eigenvalue weighted by atomic mass is 16.6. The number of carbonyl (C=O) groups is 2. The van der Waals surface area contributed by atoms with Crippen molar-refractivity contribution in [2.45, 2.75) is 245 Å². The van der Waals surface area contributed by atoms with Crippen LogP contribution in [-0.4, -0.2) is 37.9 Å². The zero-order valence-corrected chi connectivity index (χ0v) is 40.9. The maximum absolute atomic E-state index is 12.8. The van der Waals surface area contributed by atoms with E-state index < -0.39 is 6.10 Å². The Kier molecular flexibility index (Phi) is 50.0. The first kappa shape index (κ1) is 59.1. The molecule has 0 amide bonds. The summed E-state index contributed by atoms with van der Waals surface area (Å²) in [6.07, 6.45) is 68.8. The normalized spacial score (nSPS) is 12.9. The second kappa shape index (κ2) is 52.4. The van der Waals surface area contributed by atoms with Crippen LogP contribution < -0.4 is 0 Å². The van der Waals surface area contributed by atoms with Gasteiger partial charge in [-0.25, -0.2) is 0 Å². The topological polar surface area (TPSA) is 61.8 Å². The Hall–Kier alpha value is -2.92. The monoisotopic (exact) mass is 863 g/mol. The van der Waals surface area contributed by atoms with E-state index in [9.17, 15) is 9.59 Å². The van der Waals surface area contributed by atoms with Gasteiger partial charge >= 0.3 is 11.9 Å². The quantitative estimate of drug-likeness (QED) is 0.0346. The average Bonchev–Trinajstić information content (AvgIpc) is 3.27. The molecule has 5 nitrogen and oxygen atoms in total. The van der Waals surface area contributed by atoms with Crippen molar-refractivity contribution in [2.75, 3.05) is 19.8 Å². The number of unbranched alkanes of at least 4 members (excludes halogenated alkanes) is 22. The van der Waals surface area contributed by atoms with Crippen LogP contribution in [-0.2, 0) is 23.8 Å². The van der Waals surface area contributed by atoms with Crippen molar-refractivity contribution in [2.24, 2.45) is 0 Å². The van der Waals surface area contributed by atoms with Crippen LogP contribution >= 0.6 is 0 Å². The summed E-state index contributed by atoms with van der Waals surface area (Å²) in [4.78, 5) is 25.4. The SMILES string of the molecule is CC/C=C\C/C=C\C/C=C\CCCCCCCC(=O)OC(COCCCCCC/C=C\C/C=C\C/C=C\CC)COC(=O)CCCCCCCCC/C=C\CCCCCCCC. The lowest BCUT2D eigenvalue weighted by Crippen LogP contribution is -2.30. The molecule has 0 aromatic carbocycles. The lowest BCUT2D eigenvalue weighted by atomic mass is 10.1. The van der Waals surface area contributed by atoms with Crippen molar-refractivity contribution in [3.8, 4) is 0 Å². The fourth-order valence-electron chi connectivity index (χ4n) is 7.06. The molecule has 0 radical (unpaired) electrons. The van der Waals surface area contributed by atoms with Gasteiger partial charge in [-0.1, -0.05) is 202 Å². The summed E-state index contributed by atoms with van der Waals surface area (Å²) in [7, 11) is 0. The number of hydrogen-bond donors (Lipinski definition) is 0. The van der Waals surface area contributed by atoms with E-state index in [-0.39, 0.29) is 25.2 Å². The maximum atomic E-state index is 12.8. The Morgan fingerprint density at radius 2 is 0.726 bits per heavy atom. The van der Waals surface area contributed by atoms with Crippen LogP contribution in [0.2, 0.25) is 0 Å². The van der Waals surface area contributed by atoms with Crippen molar-refractivity contribution < 1.29 is 23.8 Å². The predicted molar refractivity (Wildman–Crippen MR) is 270 cm³/mol. The van der Waals surface area contributed by atoms with E-state index in [0.717, 1.165) is 103 Å². The second-order valence-electron chi connectivity index (χ2n) is 17.0. The highest BCUT2D eigenvalue weighted by molar-refractivity contribution is 5.70. The van der Waals surface area contributed by atoms with E-state index in [1.54, 1.807) is 0 Å². The number of hydrogen-bond acceptors (Lipinski definition) is 5. The summed E-state index contributed by atoms with van der Waals surface area (Å²) in [5.74, 6) is -0.434. The van der Waals surface area contributed by atoms with Crippen molar-refractivity contribution in [1.29, 1.82) is 0 Å². The van der Waals surface area contributed by atoms with Crippen molar-refractivity contribution in [1.82, 2.24) is 0 Å². The maximum Gasteiger partial charge on any atom is 0.306 e. The molecule has 0 fully saturated rings. The summed E-state index contributed by atoms with van der Waals surface area (Å²) in [6.45, 7) is 7.54. The second-order valence-corrected chi connectivity index (χ2v) is 17.0. The summed E-state index contributed by atoms with van der Waals surface area (Å²) in [5.41, 5.74) is 0. The highest BCUT2D eigenvalue weighted by Gasteiger charge is 2.17. The third-order valence-corrected chi connectivity index (χ3v) is 10.9. The van der Waals surface area contributed by atoms with E-state index in [4.69, 9.17) is 14.2 Å². The molecule has 5 heteroatoms. The van der Waals surface area contributed by atoms with Gasteiger partial charge in [0.25, 0.3) is 0 Å². The molecule has 0 heterocycles. The molecule has 0 saturated carbocycles. The molecule has 0 aliphatic heterocycles. The zero-order valence-electron chi connectivity index (χ0n) is 40.9. The molecule has 0 aliphatic carbocycles. The zero-order chi connectivity index (χ0) is 44.9. The molecule has 0 N–H and O–H groups in total. The molecule has 356 valence electrons. The predicted octanol–water partition coefficient (Wildman–Crippen LogP) is 17.7. The third kappa shape index (κ3) is 49.7. The van der Waals surface area contributed by atoms with Gasteiger partial charge < -0.3 is 14.2 Å². The van der Waals surface area contributed by atoms with Gasteiger partial charge in [0.1, 0.15) is 6.61 Å². The van der Waals surface area contributed by atoms with Gasteiger partial charge in [0.05, 0.1) is 6.61 Å². The minimum absolute atomic E-state index is 0.0636. The highest BCUT2D eigenvalue weighted by Crippen LogP contribution is 2.14. The number of ether oxygens (including phenoxy) is 3. The standard InChI is InChI=1S/C57H98O5/c1-4-7-10-13-16-19-22-25-28-29-31-32-35-38-41-44-47-50-56(58)61-54-55(53-60-52-49-46-43-40-37-34-27-24-21-18-15-12-9-6-3)62-57(59)51-48-45-42-39-36-33-30-26-23-20-17-14-11-8-5-2/h8-9,11-12,17-18,20-21,25-28,30,34,55H,4-7,10,13-16,19,22-24,29,31-33,35-54H2,1-3H3/b11-8-,12-9-,20-17-,21-18-,28-25-,30-26-,34-27-. The summed E-state index contributed by atoms with van der Waals surface area (Å²) < 4.78 is 17.4. The van der Waals surface area contributed by atoms with Crippen molar-refractivity contribution >= 4 is 11.9 Å². The minimum atomic E-state index is -0.562. The Morgan fingerprint density at radius 1 is 0.371 bits per heavy atom. The van der Waals surface area contributed by atoms with Gasteiger partial charge in [-0.2, -0.15) is 0 Å². The Labute approximate surface area is 384 Å². The molecular weight excluding hydrogens is 765 g/mol. The molecule has 0 spiro atoms. The number of esters is 2.